The number of piperidine rings is 1. The number of aryl methyl sites for hydroxylation is 1. The van der Waals surface area contributed by atoms with Gasteiger partial charge in [-0.3, -0.25) is 9.59 Å². The summed E-state index contributed by atoms with van der Waals surface area (Å²) in [5, 5.41) is 9.06. The number of rotatable bonds is 7. The number of nitrogens with zero attached hydrogens (tertiary/aromatic N) is 2. The van der Waals surface area contributed by atoms with Crippen LogP contribution in [0.25, 0.3) is 0 Å². The van der Waals surface area contributed by atoms with Gasteiger partial charge in [0.05, 0.1) is 5.92 Å². The van der Waals surface area contributed by atoms with Crippen molar-refractivity contribution in [3.8, 4) is 0 Å². The van der Waals surface area contributed by atoms with Crippen LogP contribution in [0.4, 0.5) is 5.69 Å². The highest BCUT2D eigenvalue weighted by Crippen LogP contribution is 2.28. The predicted octanol–water partition coefficient (Wildman–Crippen LogP) is 3.22. The van der Waals surface area contributed by atoms with Crippen molar-refractivity contribution in [3.05, 3.63) is 29.3 Å². The van der Waals surface area contributed by atoms with Crippen LogP contribution in [-0.4, -0.2) is 54.5 Å². The Morgan fingerprint density at radius 2 is 1.92 bits per heavy atom. The van der Waals surface area contributed by atoms with E-state index in [0.29, 0.717) is 19.3 Å². The van der Waals surface area contributed by atoms with Crippen LogP contribution >= 0.6 is 0 Å². The van der Waals surface area contributed by atoms with E-state index >= 15 is 0 Å². The quantitative estimate of drug-likeness (QED) is 0.759. The van der Waals surface area contributed by atoms with Crippen LogP contribution < -0.4 is 4.90 Å². The number of hydrogen-bond acceptors (Lipinski definition) is 4. The number of ketones is 1. The summed E-state index contributed by atoms with van der Waals surface area (Å²) in [6.45, 7) is 6.67. The molecule has 5 nitrogen and oxygen atoms in total. The lowest BCUT2D eigenvalue weighted by molar-refractivity contribution is -0.143. The molecule has 1 N–H and O–H groups in total. The molecule has 0 bridgehead atoms. The van der Waals surface area contributed by atoms with E-state index in [0.717, 1.165) is 57.5 Å². The molecule has 0 atom stereocenters. The second-order valence-corrected chi connectivity index (χ2v) is 7.56. The predicted molar refractivity (Wildman–Crippen MR) is 103 cm³/mol. The standard InChI is InChI=1S/C21H30N2O3/c1-2-10-23-11-3-4-17-15-18(5-6-19(17)23)20(24)9-14-22-12-7-16(8-13-22)21(25)26/h5-6,15-16H,2-4,7-14H2,1H3,(H,25,26). The summed E-state index contributed by atoms with van der Waals surface area (Å²) in [7, 11) is 0. The van der Waals surface area contributed by atoms with E-state index in [-0.39, 0.29) is 11.7 Å². The van der Waals surface area contributed by atoms with E-state index in [4.69, 9.17) is 5.11 Å². The molecule has 0 amide bonds. The molecule has 2 aliphatic rings. The SMILES string of the molecule is CCCN1CCCc2cc(C(=O)CCN3CCC(C(=O)O)CC3)ccc21. The Kier molecular flexibility index (Phi) is 6.30. The lowest BCUT2D eigenvalue weighted by Gasteiger charge is -2.31. The molecule has 1 aromatic carbocycles. The van der Waals surface area contributed by atoms with Gasteiger partial charge >= 0.3 is 5.97 Å². The minimum Gasteiger partial charge on any atom is -0.481 e. The van der Waals surface area contributed by atoms with Crippen LogP contribution in [0.2, 0.25) is 0 Å². The molecule has 3 rings (SSSR count). The summed E-state index contributed by atoms with van der Waals surface area (Å²) in [5.74, 6) is -0.707. The number of carboxylic acid groups (broad SMARTS) is 1. The van der Waals surface area contributed by atoms with Gasteiger partial charge in [0, 0.05) is 37.3 Å². The molecular weight excluding hydrogens is 328 g/mol. The van der Waals surface area contributed by atoms with E-state index in [9.17, 15) is 9.59 Å². The number of benzene rings is 1. The zero-order valence-corrected chi connectivity index (χ0v) is 15.7. The van der Waals surface area contributed by atoms with Gasteiger partial charge in [0.1, 0.15) is 0 Å². The first-order valence-corrected chi connectivity index (χ1v) is 9.94. The normalized spacial score (nSPS) is 18.6. The first-order valence-electron chi connectivity index (χ1n) is 9.94. The van der Waals surface area contributed by atoms with Crippen LogP contribution in [0.1, 0.15) is 54.9 Å². The van der Waals surface area contributed by atoms with Gasteiger partial charge in [-0.1, -0.05) is 6.92 Å². The van der Waals surface area contributed by atoms with Crippen LogP contribution in [-0.2, 0) is 11.2 Å². The number of carbonyl (C=O) groups is 2. The molecule has 2 aliphatic heterocycles. The molecule has 1 aromatic rings. The summed E-state index contributed by atoms with van der Waals surface area (Å²) in [5.41, 5.74) is 3.42. The molecule has 0 aromatic heterocycles. The van der Waals surface area contributed by atoms with Gasteiger partial charge in [0.15, 0.2) is 5.78 Å². The highest BCUT2D eigenvalue weighted by atomic mass is 16.4. The number of likely N-dealkylation sites (tertiary alicyclic amines) is 1. The lowest BCUT2D eigenvalue weighted by atomic mass is 9.95. The van der Waals surface area contributed by atoms with Gasteiger partial charge in [-0.05, 0) is 69.0 Å². The maximum Gasteiger partial charge on any atom is 0.306 e. The zero-order valence-electron chi connectivity index (χ0n) is 15.7. The van der Waals surface area contributed by atoms with Crippen LogP contribution in [0.3, 0.4) is 0 Å². The Morgan fingerprint density at radius 3 is 2.62 bits per heavy atom. The van der Waals surface area contributed by atoms with Crippen molar-refractivity contribution in [2.75, 3.05) is 37.6 Å². The van der Waals surface area contributed by atoms with E-state index < -0.39 is 5.97 Å². The topological polar surface area (TPSA) is 60.9 Å². The average molecular weight is 358 g/mol. The third kappa shape index (κ3) is 4.44. The van der Waals surface area contributed by atoms with Gasteiger partial charge < -0.3 is 14.9 Å². The first-order chi connectivity index (χ1) is 12.6. The maximum absolute atomic E-state index is 12.6. The fourth-order valence-electron chi connectivity index (χ4n) is 4.16. The second kappa shape index (κ2) is 8.67. The largest absolute Gasteiger partial charge is 0.481 e. The number of aliphatic carboxylic acids is 1. The molecule has 26 heavy (non-hydrogen) atoms. The molecule has 0 spiro atoms. The Labute approximate surface area is 156 Å². The number of hydrogen-bond donors (Lipinski definition) is 1. The van der Waals surface area contributed by atoms with Crippen molar-refractivity contribution < 1.29 is 14.7 Å². The van der Waals surface area contributed by atoms with Crippen molar-refractivity contribution in [2.24, 2.45) is 5.92 Å². The highest BCUT2D eigenvalue weighted by molar-refractivity contribution is 5.96. The zero-order chi connectivity index (χ0) is 18.5. The highest BCUT2D eigenvalue weighted by Gasteiger charge is 2.25. The minimum absolute atomic E-state index is 0.195. The molecule has 0 aliphatic carbocycles. The fraction of sp³-hybridized carbons (Fsp3) is 0.619. The van der Waals surface area contributed by atoms with Crippen molar-refractivity contribution in [2.45, 2.75) is 45.4 Å². The van der Waals surface area contributed by atoms with Crippen molar-refractivity contribution in [1.29, 1.82) is 0 Å². The van der Waals surface area contributed by atoms with E-state index in [1.165, 1.54) is 11.3 Å². The number of carbonyl (C=O) groups excluding carboxylic acids is 1. The molecule has 2 heterocycles. The Hall–Kier alpha value is -1.88. The van der Waals surface area contributed by atoms with Crippen LogP contribution in [0, 0.1) is 5.92 Å². The number of Topliss-reactive ketones (excluding diaryl/α,β-unsaturated/α-hetero) is 1. The van der Waals surface area contributed by atoms with E-state index in [1.54, 1.807) is 0 Å². The third-order valence-electron chi connectivity index (χ3n) is 5.70. The van der Waals surface area contributed by atoms with Gasteiger partial charge in [0.2, 0.25) is 0 Å². The van der Waals surface area contributed by atoms with Gasteiger partial charge in [0.25, 0.3) is 0 Å². The Bertz CT molecular complexity index is 651. The number of fused-ring (bicyclic) bond motifs is 1. The van der Waals surface area contributed by atoms with Crippen LogP contribution in [0.5, 0.6) is 0 Å². The summed E-state index contributed by atoms with van der Waals surface area (Å²) in [6, 6.07) is 6.19. The molecule has 0 saturated carbocycles. The molecule has 142 valence electrons. The van der Waals surface area contributed by atoms with Gasteiger partial charge in [-0.15, -0.1) is 0 Å². The molecule has 5 heteroatoms. The van der Waals surface area contributed by atoms with Crippen molar-refractivity contribution >= 4 is 17.4 Å². The monoisotopic (exact) mass is 358 g/mol. The maximum atomic E-state index is 12.6. The Balaban J connectivity index is 1.55. The van der Waals surface area contributed by atoms with Crippen molar-refractivity contribution in [3.63, 3.8) is 0 Å². The summed E-state index contributed by atoms with van der Waals surface area (Å²) in [6.07, 6.45) is 5.24. The molecule has 1 saturated heterocycles. The summed E-state index contributed by atoms with van der Waals surface area (Å²) < 4.78 is 0. The average Bonchev–Trinajstić information content (AvgIpc) is 2.66. The molecule has 1 fully saturated rings. The van der Waals surface area contributed by atoms with Crippen molar-refractivity contribution in [1.82, 2.24) is 4.90 Å². The molecular formula is C21H30N2O3. The second-order valence-electron chi connectivity index (χ2n) is 7.56. The Morgan fingerprint density at radius 1 is 1.15 bits per heavy atom. The van der Waals surface area contributed by atoms with E-state index in [2.05, 4.69) is 28.9 Å². The lowest BCUT2D eigenvalue weighted by Crippen LogP contribution is -2.37. The van der Waals surface area contributed by atoms with E-state index in [1.807, 2.05) is 6.07 Å². The van der Waals surface area contributed by atoms with Crippen LogP contribution in [0.15, 0.2) is 18.2 Å². The number of carboxylic acids is 1. The first kappa shape index (κ1) is 18.9. The minimum atomic E-state index is -0.688. The fourth-order valence-corrected chi connectivity index (χ4v) is 4.16. The third-order valence-corrected chi connectivity index (χ3v) is 5.70. The van der Waals surface area contributed by atoms with Gasteiger partial charge in [-0.25, -0.2) is 0 Å². The number of anilines is 1. The summed E-state index contributed by atoms with van der Waals surface area (Å²) >= 11 is 0. The molecule has 0 radical (unpaired) electrons. The molecule has 0 unspecified atom stereocenters. The van der Waals surface area contributed by atoms with Gasteiger partial charge in [-0.2, -0.15) is 0 Å². The summed E-state index contributed by atoms with van der Waals surface area (Å²) in [4.78, 5) is 28.3. The smallest absolute Gasteiger partial charge is 0.306 e.